The minimum Gasteiger partial charge on any atom is -0.494 e. The van der Waals surface area contributed by atoms with Crippen molar-refractivity contribution in [3.05, 3.63) is 53.1 Å². The second kappa shape index (κ2) is 6.77. The highest BCUT2D eigenvalue weighted by Gasteiger charge is 2.11. The molecule has 0 amide bonds. The second-order valence-electron chi connectivity index (χ2n) is 4.25. The van der Waals surface area contributed by atoms with Crippen molar-refractivity contribution in [2.75, 3.05) is 12.3 Å². The van der Waals surface area contributed by atoms with Gasteiger partial charge >= 0.3 is 0 Å². The number of benzene rings is 2. The molecule has 0 saturated heterocycles. The van der Waals surface area contributed by atoms with Crippen LogP contribution in [-0.4, -0.2) is 10.8 Å². The molecule has 0 aliphatic carbocycles. The number of nitrogen functional groups attached to an aromatic ring is 1. The molecule has 2 aromatic carbocycles. The first-order valence-electron chi connectivity index (χ1n) is 6.25. The predicted octanol–water partition coefficient (Wildman–Crippen LogP) is 3.63. The van der Waals surface area contributed by atoms with Gasteiger partial charge in [0.15, 0.2) is 0 Å². The molecule has 1 atom stereocenters. The molecule has 0 saturated carbocycles. The number of anilines is 1. The molecule has 0 heterocycles. The normalized spacial score (nSPS) is 12.1. The first-order valence-corrected chi connectivity index (χ1v) is 7.95. The Morgan fingerprint density at radius 3 is 2.75 bits per heavy atom. The van der Waals surface area contributed by atoms with Crippen LogP contribution in [0.3, 0.4) is 0 Å². The zero-order chi connectivity index (χ0) is 14.5. The van der Waals surface area contributed by atoms with Gasteiger partial charge in [0.05, 0.1) is 23.2 Å². The third kappa shape index (κ3) is 3.74. The Kier molecular flexibility index (Phi) is 5.04. The molecule has 20 heavy (non-hydrogen) atoms. The molecule has 2 aromatic rings. The minimum absolute atomic E-state index is 0.348. The Morgan fingerprint density at radius 1 is 1.25 bits per heavy atom. The standard InChI is InChI=1S/C15H16ClNO2S/c1-2-19-15-7-6-13(17)8-11(15)10-20(18)14-5-3-4-12(16)9-14/h3-9H,2,10,17H2,1H3. The van der Waals surface area contributed by atoms with Gasteiger partial charge in [0.1, 0.15) is 5.75 Å². The molecule has 0 fully saturated rings. The Labute approximate surface area is 126 Å². The number of nitrogens with two attached hydrogens (primary N) is 1. The van der Waals surface area contributed by atoms with Gasteiger partial charge in [0.2, 0.25) is 0 Å². The van der Waals surface area contributed by atoms with E-state index in [2.05, 4.69) is 0 Å². The summed E-state index contributed by atoms with van der Waals surface area (Å²) in [7, 11) is -1.19. The third-order valence-electron chi connectivity index (χ3n) is 2.73. The van der Waals surface area contributed by atoms with Crippen molar-refractivity contribution in [2.45, 2.75) is 17.6 Å². The summed E-state index contributed by atoms with van der Waals surface area (Å²) in [4.78, 5) is 0.697. The molecular formula is C15H16ClNO2S. The molecule has 0 aliphatic heterocycles. The third-order valence-corrected chi connectivity index (χ3v) is 4.32. The van der Waals surface area contributed by atoms with Crippen molar-refractivity contribution >= 4 is 28.1 Å². The zero-order valence-corrected chi connectivity index (χ0v) is 12.7. The SMILES string of the molecule is CCOc1ccc(N)cc1CS(=O)c1cccc(Cl)c1. The summed E-state index contributed by atoms with van der Waals surface area (Å²) in [5.74, 6) is 1.07. The first kappa shape index (κ1) is 14.9. The minimum atomic E-state index is -1.19. The summed E-state index contributed by atoms with van der Waals surface area (Å²) in [6.45, 7) is 2.47. The molecule has 0 aromatic heterocycles. The fourth-order valence-electron chi connectivity index (χ4n) is 1.84. The topological polar surface area (TPSA) is 52.3 Å². The van der Waals surface area contributed by atoms with E-state index in [0.29, 0.717) is 28.0 Å². The largest absolute Gasteiger partial charge is 0.494 e. The first-order chi connectivity index (χ1) is 9.60. The maximum Gasteiger partial charge on any atom is 0.123 e. The summed E-state index contributed by atoms with van der Waals surface area (Å²) >= 11 is 5.92. The van der Waals surface area contributed by atoms with E-state index in [9.17, 15) is 4.21 Å². The average Bonchev–Trinajstić information content (AvgIpc) is 2.42. The van der Waals surface area contributed by atoms with Gasteiger partial charge < -0.3 is 10.5 Å². The molecule has 0 radical (unpaired) electrons. The molecule has 2 N–H and O–H groups in total. The molecular weight excluding hydrogens is 294 g/mol. The smallest absolute Gasteiger partial charge is 0.123 e. The van der Waals surface area contributed by atoms with E-state index in [1.165, 1.54) is 0 Å². The lowest BCUT2D eigenvalue weighted by Crippen LogP contribution is -2.02. The summed E-state index contributed by atoms with van der Waals surface area (Å²) in [6, 6.07) is 12.4. The molecule has 1 unspecified atom stereocenters. The van der Waals surface area contributed by atoms with Crippen molar-refractivity contribution in [1.29, 1.82) is 0 Å². The van der Waals surface area contributed by atoms with Crippen LogP contribution in [-0.2, 0) is 16.6 Å². The number of halogens is 1. The van der Waals surface area contributed by atoms with Gasteiger partial charge in [-0.25, -0.2) is 0 Å². The number of ether oxygens (including phenoxy) is 1. The number of hydrogen-bond acceptors (Lipinski definition) is 3. The Hall–Kier alpha value is -1.52. The van der Waals surface area contributed by atoms with Crippen LogP contribution in [0, 0.1) is 0 Å². The zero-order valence-electron chi connectivity index (χ0n) is 11.1. The average molecular weight is 310 g/mol. The van der Waals surface area contributed by atoms with E-state index in [0.717, 1.165) is 11.3 Å². The molecule has 0 spiro atoms. The quantitative estimate of drug-likeness (QED) is 0.858. The van der Waals surface area contributed by atoms with E-state index in [-0.39, 0.29) is 0 Å². The summed E-state index contributed by atoms with van der Waals surface area (Å²) in [6.07, 6.45) is 0. The van der Waals surface area contributed by atoms with Gasteiger partial charge in [-0.3, -0.25) is 4.21 Å². The Balaban J connectivity index is 2.25. The maximum atomic E-state index is 12.4. The van der Waals surface area contributed by atoms with E-state index in [1.807, 2.05) is 13.0 Å². The molecule has 106 valence electrons. The fraction of sp³-hybridized carbons (Fsp3) is 0.200. The Bertz CT molecular complexity index is 631. The van der Waals surface area contributed by atoms with Crippen molar-refractivity contribution in [1.82, 2.24) is 0 Å². The van der Waals surface area contributed by atoms with Crippen LogP contribution in [0.25, 0.3) is 0 Å². The van der Waals surface area contributed by atoms with Crippen LogP contribution in [0.1, 0.15) is 12.5 Å². The van der Waals surface area contributed by atoms with Crippen molar-refractivity contribution in [3.63, 3.8) is 0 Å². The fourth-order valence-corrected chi connectivity index (χ4v) is 3.26. The summed E-state index contributed by atoms with van der Waals surface area (Å²) in [5.41, 5.74) is 7.26. The van der Waals surface area contributed by atoms with Crippen molar-refractivity contribution < 1.29 is 8.95 Å². The highest BCUT2D eigenvalue weighted by atomic mass is 35.5. The summed E-state index contributed by atoms with van der Waals surface area (Å²) in [5, 5.41) is 0.577. The van der Waals surface area contributed by atoms with Gasteiger partial charge in [-0.05, 0) is 43.3 Å². The maximum absolute atomic E-state index is 12.4. The van der Waals surface area contributed by atoms with Crippen LogP contribution in [0.2, 0.25) is 5.02 Å². The van der Waals surface area contributed by atoms with E-state index >= 15 is 0 Å². The van der Waals surface area contributed by atoms with Crippen molar-refractivity contribution in [3.8, 4) is 5.75 Å². The van der Waals surface area contributed by atoms with Crippen LogP contribution in [0.15, 0.2) is 47.4 Å². The van der Waals surface area contributed by atoms with Crippen LogP contribution in [0.4, 0.5) is 5.69 Å². The lowest BCUT2D eigenvalue weighted by Gasteiger charge is -2.11. The molecule has 0 bridgehead atoms. The van der Waals surface area contributed by atoms with Crippen LogP contribution >= 0.6 is 11.6 Å². The van der Waals surface area contributed by atoms with E-state index in [1.54, 1.807) is 36.4 Å². The number of rotatable bonds is 5. The lowest BCUT2D eigenvalue weighted by atomic mass is 10.2. The van der Waals surface area contributed by atoms with E-state index < -0.39 is 10.8 Å². The Morgan fingerprint density at radius 2 is 2.05 bits per heavy atom. The van der Waals surface area contributed by atoms with Crippen LogP contribution in [0.5, 0.6) is 5.75 Å². The van der Waals surface area contributed by atoms with Crippen LogP contribution < -0.4 is 10.5 Å². The van der Waals surface area contributed by atoms with E-state index in [4.69, 9.17) is 22.1 Å². The van der Waals surface area contributed by atoms with Gasteiger partial charge in [-0.2, -0.15) is 0 Å². The highest BCUT2D eigenvalue weighted by Crippen LogP contribution is 2.25. The lowest BCUT2D eigenvalue weighted by molar-refractivity contribution is 0.337. The summed E-state index contributed by atoms with van der Waals surface area (Å²) < 4.78 is 17.9. The molecule has 3 nitrogen and oxygen atoms in total. The molecule has 0 aliphatic rings. The van der Waals surface area contributed by atoms with Gasteiger partial charge in [0, 0.05) is 21.2 Å². The van der Waals surface area contributed by atoms with Crippen molar-refractivity contribution in [2.24, 2.45) is 0 Å². The van der Waals surface area contributed by atoms with Gasteiger partial charge in [-0.15, -0.1) is 0 Å². The molecule has 2 rings (SSSR count). The highest BCUT2D eigenvalue weighted by molar-refractivity contribution is 7.84. The predicted molar refractivity (Wildman–Crippen MR) is 83.6 cm³/mol. The monoisotopic (exact) mass is 309 g/mol. The van der Waals surface area contributed by atoms with Gasteiger partial charge in [0.25, 0.3) is 0 Å². The van der Waals surface area contributed by atoms with Gasteiger partial charge in [-0.1, -0.05) is 17.7 Å². The second-order valence-corrected chi connectivity index (χ2v) is 6.13. The molecule has 5 heteroatoms. The number of hydrogen-bond donors (Lipinski definition) is 1.